The second-order valence-electron chi connectivity index (χ2n) is 5.19. The molecule has 0 spiro atoms. The van der Waals surface area contributed by atoms with Gasteiger partial charge in [0.25, 0.3) is 0 Å². The molecule has 0 aromatic carbocycles. The Morgan fingerprint density at radius 1 is 1.35 bits per heavy atom. The van der Waals surface area contributed by atoms with Gasteiger partial charge in [0.2, 0.25) is 5.91 Å². The molecule has 17 heavy (non-hydrogen) atoms. The summed E-state index contributed by atoms with van der Waals surface area (Å²) in [5.74, 6) is -0.0656. The summed E-state index contributed by atoms with van der Waals surface area (Å²) < 4.78 is 10.7. The van der Waals surface area contributed by atoms with Crippen molar-refractivity contribution in [2.24, 2.45) is 5.73 Å². The Morgan fingerprint density at radius 2 is 2.00 bits per heavy atom. The molecule has 98 valence electrons. The summed E-state index contributed by atoms with van der Waals surface area (Å²) in [6.45, 7) is 1.71. The topological polar surface area (TPSA) is 73.6 Å². The molecule has 1 saturated heterocycles. The van der Waals surface area contributed by atoms with Crippen molar-refractivity contribution < 1.29 is 14.3 Å². The average molecular weight is 242 g/mol. The van der Waals surface area contributed by atoms with Crippen molar-refractivity contribution >= 4 is 5.91 Å². The standard InChI is InChI=1S/C12H22N2O3/c1-16-11(3-2-4-11)9-14-10(15)12(13)5-7-17-8-6-12/h2-9,13H2,1H3,(H,14,15). The van der Waals surface area contributed by atoms with Crippen LogP contribution in [0.15, 0.2) is 0 Å². The fourth-order valence-electron chi connectivity index (χ4n) is 2.40. The van der Waals surface area contributed by atoms with Crippen molar-refractivity contribution in [3.05, 3.63) is 0 Å². The first-order valence-electron chi connectivity index (χ1n) is 6.30. The van der Waals surface area contributed by atoms with E-state index in [2.05, 4.69) is 5.32 Å². The van der Waals surface area contributed by atoms with E-state index in [4.69, 9.17) is 15.2 Å². The molecule has 1 aliphatic heterocycles. The highest BCUT2D eigenvalue weighted by atomic mass is 16.5. The monoisotopic (exact) mass is 242 g/mol. The van der Waals surface area contributed by atoms with Gasteiger partial charge in [-0.1, -0.05) is 0 Å². The van der Waals surface area contributed by atoms with Crippen molar-refractivity contribution in [1.82, 2.24) is 5.32 Å². The van der Waals surface area contributed by atoms with Crippen LogP contribution >= 0.6 is 0 Å². The summed E-state index contributed by atoms with van der Waals surface area (Å²) in [4.78, 5) is 12.1. The zero-order valence-corrected chi connectivity index (χ0v) is 10.5. The Balaban J connectivity index is 1.84. The second kappa shape index (κ2) is 4.92. The molecular weight excluding hydrogens is 220 g/mol. The highest BCUT2D eigenvalue weighted by Crippen LogP contribution is 2.34. The number of carbonyl (C=O) groups excluding carboxylic acids is 1. The van der Waals surface area contributed by atoms with Crippen molar-refractivity contribution in [1.29, 1.82) is 0 Å². The Morgan fingerprint density at radius 3 is 2.47 bits per heavy atom. The van der Waals surface area contributed by atoms with Crippen LogP contribution < -0.4 is 11.1 Å². The lowest BCUT2D eigenvalue weighted by molar-refractivity contribution is -0.133. The van der Waals surface area contributed by atoms with E-state index in [0.717, 1.165) is 12.8 Å². The number of amides is 1. The normalized spacial score (nSPS) is 26.0. The Hall–Kier alpha value is -0.650. The molecule has 5 nitrogen and oxygen atoms in total. The van der Waals surface area contributed by atoms with Crippen LogP contribution in [0.2, 0.25) is 0 Å². The summed E-state index contributed by atoms with van der Waals surface area (Å²) in [7, 11) is 1.71. The quantitative estimate of drug-likeness (QED) is 0.737. The summed E-state index contributed by atoms with van der Waals surface area (Å²) in [6.07, 6.45) is 4.40. The van der Waals surface area contributed by atoms with Crippen molar-refractivity contribution in [2.45, 2.75) is 43.2 Å². The minimum atomic E-state index is -0.753. The minimum absolute atomic E-state index is 0.0656. The number of rotatable bonds is 4. The molecule has 1 aliphatic carbocycles. The van der Waals surface area contributed by atoms with Crippen LogP contribution in [0.25, 0.3) is 0 Å². The van der Waals surface area contributed by atoms with E-state index < -0.39 is 5.54 Å². The third-order valence-corrected chi connectivity index (χ3v) is 4.11. The van der Waals surface area contributed by atoms with Gasteiger partial charge in [-0.3, -0.25) is 4.79 Å². The van der Waals surface area contributed by atoms with Crippen LogP contribution in [0.5, 0.6) is 0 Å². The van der Waals surface area contributed by atoms with Gasteiger partial charge in [0.05, 0.1) is 11.1 Å². The van der Waals surface area contributed by atoms with Gasteiger partial charge >= 0.3 is 0 Å². The number of nitrogens with two attached hydrogens (primary N) is 1. The van der Waals surface area contributed by atoms with Crippen LogP contribution in [-0.2, 0) is 14.3 Å². The molecule has 0 radical (unpaired) electrons. The van der Waals surface area contributed by atoms with Crippen molar-refractivity contribution in [2.75, 3.05) is 26.9 Å². The van der Waals surface area contributed by atoms with Gasteiger partial charge in [-0.05, 0) is 32.1 Å². The van der Waals surface area contributed by atoms with E-state index in [1.165, 1.54) is 6.42 Å². The summed E-state index contributed by atoms with van der Waals surface area (Å²) in [5.41, 5.74) is 5.21. The second-order valence-corrected chi connectivity index (χ2v) is 5.19. The smallest absolute Gasteiger partial charge is 0.240 e. The summed E-state index contributed by atoms with van der Waals surface area (Å²) in [5, 5.41) is 2.94. The van der Waals surface area contributed by atoms with Gasteiger partial charge < -0.3 is 20.5 Å². The number of hydrogen-bond donors (Lipinski definition) is 2. The number of ether oxygens (including phenoxy) is 2. The highest BCUT2D eigenvalue weighted by molar-refractivity contribution is 5.86. The van der Waals surface area contributed by atoms with Gasteiger partial charge in [-0.2, -0.15) is 0 Å². The van der Waals surface area contributed by atoms with Crippen LogP contribution in [0.4, 0.5) is 0 Å². The van der Waals surface area contributed by atoms with Gasteiger partial charge in [-0.15, -0.1) is 0 Å². The minimum Gasteiger partial charge on any atom is -0.381 e. The number of hydrogen-bond acceptors (Lipinski definition) is 4. The number of carbonyl (C=O) groups is 1. The zero-order chi connectivity index (χ0) is 12.4. The van der Waals surface area contributed by atoms with Crippen molar-refractivity contribution in [3.63, 3.8) is 0 Å². The molecule has 0 unspecified atom stereocenters. The van der Waals surface area contributed by atoms with Crippen LogP contribution in [0.1, 0.15) is 32.1 Å². The maximum absolute atomic E-state index is 12.1. The van der Waals surface area contributed by atoms with E-state index in [1.54, 1.807) is 7.11 Å². The molecule has 0 bridgehead atoms. The Kier molecular flexibility index (Phi) is 3.70. The number of nitrogens with one attached hydrogen (secondary N) is 1. The lowest BCUT2D eigenvalue weighted by Crippen LogP contribution is -2.60. The highest BCUT2D eigenvalue weighted by Gasteiger charge is 2.40. The van der Waals surface area contributed by atoms with Gasteiger partial charge in [0.15, 0.2) is 0 Å². The maximum Gasteiger partial charge on any atom is 0.240 e. The Labute approximate surface area is 102 Å². The summed E-state index contributed by atoms with van der Waals surface area (Å²) >= 11 is 0. The molecule has 1 heterocycles. The van der Waals surface area contributed by atoms with E-state index in [9.17, 15) is 4.79 Å². The first-order chi connectivity index (χ1) is 8.10. The Bertz CT molecular complexity index is 278. The molecule has 2 fully saturated rings. The first-order valence-corrected chi connectivity index (χ1v) is 6.30. The van der Waals surface area contributed by atoms with E-state index >= 15 is 0 Å². The molecule has 0 aromatic heterocycles. The van der Waals surface area contributed by atoms with E-state index in [1.807, 2.05) is 0 Å². The molecule has 1 amide bonds. The predicted octanol–water partition coefficient (Wildman–Crippen LogP) is 0.180. The zero-order valence-electron chi connectivity index (χ0n) is 10.5. The largest absolute Gasteiger partial charge is 0.381 e. The SMILES string of the molecule is COC1(CNC(=O)C2(N)CCOCC2)CCC1. The molecule has 1 saturated carbocycles. The molecule has 0 atom stereocenters. The molecule has 3 N–H and O–H groups in total. The fraction of sp³-hybridized carbons (Fsp3) is 0.917. The average Bonchev–Trinajstić information content (AvgIpc) is 2.29. The molecule has 5 heteroatoms. The van der Waals surface area contributed by atoms with E-state index in [-0.39, 0.29) is 11.5 Å². The maximum atomic E-state index is 12.1. The third-order valence-electron chi connectivity index (χ3n) is 4.11. The van der Waals surface area contributed by atoms with E-state index in [0.29, 0.717) is 32.6 Å². The number of methoxy groups -OCH3 is 1. The van der Waals surface area contributed by atoms with Gasteiger partial charge in [-0.25, -0.2) is 0 Å². The third kappa shape index (κ3) is 2.61. The van der Waals surface area contributed by atoms with Crippen LogP contribution in [0, 0.1) is 0 Å². The predicted molar refractivity (Wildman–Crippen MR) is 63.6 cm³/mol. The molecule has 2 aliphatic rings. The molecule has 0 aromatic rings. The first kappa shape index (κ1) is 12.8. The lowest BCUT2D eigenvalue weighted by Gasteiger charge is -2.41. The van der Waals surface area contributed by atoms with Crippen LogP contribution in [0.3, 0.4) is 0 Å². The molecule has 2 rings (SSSR count). The van der Waals surface area contributed by atoms with Crippen molar-refractivity contribution in [3.8, 4) is 0 Å². The fourth-order valence-corrected chi connectivity index (χ4v) is 2.40. The molecular formula is C12H22N2O3. The van der Waals surface area contributed by atoms with Gasteiger partial charge in [0.1, 0.15) is 0 Å². The summed E-state index contributed by atoms with van der Waals surface area (Å²) in [6, 6.07) is 0. The van der Waals surface area contributed by atoms with Gasteiger partial charge in [0, 0.05) is 26.9 Å². The van der Waals surface area contributed by atoms with Crippen LogP contribution in [-0.4, -0.2) is 43.9 Å². The lowest BCUT2D eigenvalue weighted by atomic mass is 9.79.